The van der Waals surface area contributed by atoms with Gasteiger partial charge >= 0.3 is 5.69 Å². The van der Waals surface area contributed by atoms with Crippen LogP contribution in [0.2, 0.25) is 0 Å². The molecule has 0 radical (unpaired) electrons. The highest BCUT2D eigenvalue weighted by Crippen LogP contribution is 2.40. The third kappa shape index (κ3) is 4.79. The highest BCUT2D eigenvalue weighted by atomic mass is 32.2. The molecule has 2 heterocycles. The van der Waals surface area contributed by atoms with E-state index in [9.17, 15) is 19.2 Å². The van der Waals surface area contributed by atoms with E-state index < -0.39 is 22.9 Å². The quantitative estimate of drug-likeness (QED) is 0.296. The van der Waals surface area contributed by atoms with Gasteiger partial charge in [0.25, 0.3) is 5.56 Å². The van der Waals surface area contributed by atoms with Crippen LogP contribution in [0.5, 0.6) is 0 Å². The van der Waals surface area contributed by atoms with Crippen LogP contribution in [-0.2, 0) is 22.6 Å². The van der Waals surface area contributed by atoms with Crippen molar-refractivity contribution < 1.29 is 14.3 Å². The first-order valence-electron chi connectivity index (χ1n) is 9.32. The molecule has 2 aromatic rings. The number of methoxy groups -OCH3 is 1. The van der Waals surface area contributed by atoms with Crippen molar-refractivity contribution in [3.8, 4) is 0 Å². The Kier molecular flexibility index (Phi) is 6.72. The predicted octanol–water partition coefficient (Wildman–Crippen LogP) is -0.915. The molecule has 0 aliphatic heterocycles. The lowest BCUT2D eigenvalue weighted by Gasteiger charge is -2.12. The fourth-order valence-corrected chi connectivity index (χ4v) is 3.79. The first-order valence-corrected chi connectivity index (χ1v) is 10.3. The number of thioether (sulfide) groups is 1. The molecular weight excluding hydrogens is 414 g/mol. The van der Waals surface area contributed by atoms with Gasteiger partial charge in [0.1, 0.15) is 17.2 Å². The van der Waals surface area contributed by atoms with Crippen LogP contribution in [-0.4, -0.2) is 55.5 Å². The van der Waals surface area contributed by atoms with Crippen molar-refractivity contribution in [1.82, 2.24) is 24.3 Å². The summed E-state index contributed by atoms with van der Waals surface area (Å²) in [6.07, 6.45) is 2.11. The number of amides is 1. The third-order valence-electron chi connectivity index (χ3n) is 4.64. The van der Waals surface area contributed by atoms with Crippen molar-refractivity contribution >= 4 is 29.3 Å². The van der Waals surface area contributed by atoms with E-state index in [0.29, 0.717) is 17.6 Å². The van der Waals surface area contributed by atoms with Crippen LogP contribution < -0.4 is 22.7 Å². The van der Waals surface area contributed by atoms with Crippen molar-refractivity contribution in [1.29, 1.82) is 0 Å². The molecule has 1 saturated carbocycles. The van der Waals surface area contributed by atoms with Crippen molar-refractivity contribution in [2.75, 3.05) is 25.2 Å². The Morgan fingerprint density at radius 1 is 1.23 bits per heavy atom. The molecule has 0 atom stereocenters. The number of aromatic amines is 1. The maximum absolute atomic E-state index is 12.7. The minimum absolute atomic E-state index is 0.0948. The molecule has 0 saturated heterocycles. The summed E-state index contributed by atoms with van der Waals surface area (Å²) >= 11 is 1.08. The van der Waals surface area contributed by atoms with E-state index >= 15 is 0 Å². The molecule has 2 aromatic heterocycles. The minimum atomic E-state index is -0.842. The van der Waals surface area contributed by atoms with Crippen LogP contribution in [0.3, 0.4) is 0 Å². The van der Waals surface area contributed by atoms with E-state index in [0.717, 1.165) is 35.0 Å². The average Bonchev–Trinajstić information content (AvgIpc) is 3.44. The van der Waals surface area contributed by atoms with Crippen LogP contribution >= 0.6 is 11.8 Å². The fraction of sp³-hybridized carbons (Fsp3) is 0.529. The number of Topliss-reactive ketones (excluding diaryl/α,β-unsaturated/α-hetero) is 1. The van der Waals surface area contributed by atoms with Gasteiger partial charge in [-0.25, -0.2) is 4.79 Å². The topological polar surface area (TPSA) is 181 Å². The van der Waals surface area contributed by atoms with E-state index in [2.05, 4.69) is 15.2 Å². The summed E-state index contributed by atoms with van der Waals surface area (Å²) in [4.78, 5) is 50.2. The van der Waals surface area contributed by atoms with Gasteiger partial charge in [-0.2, -0.15) is 0 Å². The molecule has 1 aliphatic rings. The van der Waals surface area contributed by atoms with Gasteiger partial charge in [0, 0.05) is 26.0 Å². The molecule has 0 spiro atoms. The molecule has 30 heavy (non-hydrogen) atoms. The summed E-state index contributed by atoms with van der Waals surface area (Å²) in [6, 6.07) is 0. The number of rotatable bonds is 11. The number of nitrogens with zero attached hydrogens (tertiary/aromatic N) is 4. The van der Waals surface area contributed by atoms with Gasteiger partial charge in [-0.3, -0.25) is 23.9 Å². The molecule has 1 aliphatic carbocycles. The Balaban J connectivity index is 1.80. The zero-order valence-electron chi connectivity index (χ0n) is 16.4. The maximum atomic E-state index is 12.7. The molecule has 0 bridgehead atoms. The SMILES string of the molecule is COCCn1c(N)c(C(=O)CSc2nnc(C3CC3)n2CCC(N)=O)c(=O)[nH]c1=O. The minimum Gasteiger partial charge on any atom is -0.384 e. The summed E-state index contributed by atoms with van der Waals surface area (Å²) < 4.78 is 7.80. The standard InChI is InChI=1S/C17H23N7O5S/c1-29-7-6-23-13(19)12(15(27)20-16(23)28)10(25)8-30-17-22-21-14(9-2-3-9)24(17)5-4-11(18)26/h9H,2-8,19H2,1H3,(H2,18,26)(H,20,27,28). The van der Waals surface area contributed by atoms with Crippen LogP contribution in [0.4, 0.5) is 5.82 Å². The van der Waals surface area contributed by atoms with Crippen LogP contribution in [0.15, 0.2) is 14.7 Å². The van der Waals surface area contributed by atoms with Crippen molar-refractivity contribution in [2.24, 2.45) is 5.73 Å². The van der Waals surface area contributed by atoms with Crippen LogP contribution in [0.25, 0.3) is 0 Å². The third-order valence-corrected chi connectivity index (χ3v) is 5.61. The zero-order chi connectivity index (χ0) is 21.8. The number of aromatic nitrogens is 5. The second-order valence-electron chi connectivity index (χ2n) is 6.86. The number of ether oxygens (including phenoxy) is 1. The maximum Gasteiger partial charge on any atom is 0.330 e. The number of ketones is 1. The number of H-pyrrole nitrogens is 1. The molecule has 1 amide bonds. The number of carbonyl (C=O) groups excluding carboxylic acids is 2. The molecule has 0 unspecified atom stereocenters. The van der Waals surface area contributed by atoms with Gasteiger partial charge in [0.05, 0.1) is 18.9 Å². The smallest absolute Gasteiger partial charge is 0.330 e. The lowest BCUT2D eigenvalue weighted by molar-refractivity contribution is -0.118. The highest BCUT2D eigenvalue weighted by molar-refractivity contribution is 7.99. The van der Waals surface area contributed by atoms with E-state index in [-0.39, 0.29) is 36.7 Å². The van der Waals surface area contributed by atoms with Gasteiger partial charge < -0.3 is 20.8 Å². The van der Waals surface area contributed by atoms with Gasteiger partial charge in [-0.05, 0) is 12.8 Å². The van der Waals surface area contributed by atoms with Crippen molar-refractivity contribution in [3.63, 3.8) is 0 Å². The first-order chi connectivity index (χ1) is 14.3. The average molecular weight is 437 g/mol. The lowest BCUT2D eigenvalue weighted by Crippen LogP contribution is -2.37. The molecule has 1 fully saturated rings. The Morgan fingerprint density at radius 3 is 2.60 bits per heavy atom. The van der Waals surface area contributed by atoms with Crippen LogP contribution in [0.1, 0.15) is 41.4 Å². The molecule has 13 heteroatoms. The number of nitrogen functional groups attached to an aromatic ring is 1. The van der Waals surface area contributed by atoms with Crippen LogP contribution in [0, 0.1) is 0 Å². The molecule has 3 rings (SSSR count). The number of primary amides is 1. The number of hydrogen-bond donors (Lipinski definition) is 3. The first kappa shape index (κ1) is 21.8. The Hall–Kier alpha value is -2.93. The van der Waals surface area contributed by atoms with Gasteiger partial charge in [0.15, 0.2) is 10.9 Å². The number of carbonyl (C=O) groups is 2. The van der Waals surface area contributed by atoms with E-state index in [1.165, 1.54) is 7.11 Å². The Morgan fingerprint density at radius 2 is 1.97 bits per heavy atom. The summed E-state index contributed by atoms with van der Waals surface area (Å²) in [6.45, 7) is 0.596. The number of anilines is 1. The summed E-state index contributed by atoms with van der Waals surface area (Å²) in [7, 11) is 1.46. The van der Waals surface area contributed by atoms with Crippen molar-refractivity contribution in [3.05, 3.63) is 32.2 Å². The zero-order valence-corrected chi connectivity index (χ0v) is 17.2. The van der Waals surface area contributed by atoms with E-state index in [1.807, 2.05) is 0 Å². The molecule has 12 nitrogen and oxygen atoms in total. The highest BCUT2D eigenvalue weighted by Gasteiger charge is 2.31. The van der Waals surface area contributed by atoms with Crippen molar-refractivity contribution in [2.45, 2.75) is 43.4 Å². The lowest BCUT2D eigenvalue weighted by atomic mass is 10.2. The summed E-state index contributed by atoms with van der Waals surface area (Å²) in [5.41, 5.74) is 9.34. The summed E-state index contributed by atoms with van der Waals surface area (Å²) in [5.74, 6) is -0.303. The number of nitrogens with two attached hydrogens (primary N) is 2. The number of hydrogen-bond acceptors (Lipinski definition) is 9. The molecule has 5 N–H and O–H groups in total. The van der Waals surface area contributed by atoms with Gasteiger partial charge in [0.2, 0.25) is 5.91 Å². The molecular formula is C17H23N7O5S. The summed E-state index contributed by atoms with van der Waals surface area (Å²) in [5, 5.41) is 8.75. The predicted molar refractivity (Wildman–Crippen MR) is 108 cm³/mol. The van der Waals surface area contributed by atoms with Gasteiger partial charge in [-0.15, -0.1) is 10.2 Å². The molecule has 0 aromatic carbocycles. The second kappa shape index (κ2) is 9.26. The fourth-order valence-electron chi connectivity index (χ4n) is 2.95. The Labute approximate surface area is 175 Å². The largest absolute Gasteiger partial charge is 0.384 e. The Bertz CT molecular complexity index is 1070. The van der Waals surface area contributed by atoms with Gasteiger partial charge in [-0.1, -0.05) is 11.8 Å². The number of nitrogens with one attached hydrogen (secondary N) is 1. The van der Waals surface area contributed by atoms with E-state index in [4.69, 9.17) is 16.2 Å². The molecule has 162 valence electrons. The second-order valence-corrected chi connectivity index (χ2v) is 7.80. The monoisotopic (exact) mass is 437 g/mol. The van der Waals surface area contributed by atoms with E-state index in [1.54, 1.807) is 4.57 Å². The normalized spacial score (nSPS) is 13.5.